The SMILES string of the molecule is COCO[C@]12CC[C@H]([C@H](C)COCc3ccc(OC)cc3)[C@@]1(C)CCC=C2CO. The molecule has 1 N–H and O–H groups in total. The van der Waals surface area contributed by atoms with Crippen molar-refractivity contribution in [1.29, 1.82) is 0 Å². The van der Waals surface area contributed by atoms with Gasteiger partial charge < -0.3 is 24.1 Å². The molecule has 2 aliphatic carbocycles. The molecule has 0 bridgehead atoms. The number of methoxy groups -OCH3 is 2. The number of aliphatic hydroxyl groups excluding tert-OH is 1. The van der Waals surface area contributed by atoms with E-state index in [1.54, 1.807) is 14.2 Å². The fourth-order valence-electron chi connectivity index (χ4n) is 5.68. The maximum absolute atomic E-state index is 10.0. The Morgan fingerprint density at radius 2 is 1.93 bits per heavy atom. The molecule has 5 heteroatoms. The van der Waals surface area contributed by atoms with E-state index in [1.807, 2.05) is 24.3 Å². The van der Waals surface area contributed by atoms with Crippen molar-refractivity contribution in [3.8, 4) is 5.75 Å². The fourth-order valence-corrected chi connectivity index (χ4v) is 5.68. The highest BCUT2D eigenvalue weighted by molar-refractivity contribution is 5.30. The fraction of sp³-hybridized carbons (Fsp3) is 0.667. The molecule has 0 saturated heterocycles. The minimum absolute atomic E-state index is 0.0266. The van der Waals surface area contributed by atoms with Crippen LogP contribution in [0.4, 0.5) is 0 Å². The molecular formula is C24H36O5. The highest BCUT2D eigenvalue weighted by atomic mass is 16.7. The average Bonchev–Trinajstić information content (AvgIpc) is 3.05. The van der Waals surface area contributed by atoms with Gasteiger partial charge in [0.2, 0.25) is 0 Å². The Morgan fingerprint density at radius 1 is 1.17 bits per heavy atom. The molecule has 5 nitrogen and oxygen atoms in total. The quantitative estimate of drug-likeness (QED) is 0.464. The van der Waals surface area contributed by atoms with E-state index >= 15 is 0 Å². The van der Waals surface area contributed by atoms with E-state index in [9.17, 15) is 5.11 Å². The van der Waals surface area contributed by atoms with Gasteiger partial charge in [0, 0.05) is 19.1 Å². The Kier molecular flexibility index (Phi) is 7.38. The van der Waals surface area contributed by atoms with Crippen molar-refractivity contribution in [2.24, 2.45) is 17.3 Å². The summed E-state index contributed by atoms with van der Waals surface area (Å²) in [7, 11) is 3.33. The Morgan fingerprint density at radius 3 is 2.59 bits per heavy atom. The molecule has 1 fully saturated rings. The van der Waals surface area contributed by atoms with Gasteiger partial charge >= 0.3 is 0 Å². The molecule has 2 aliphatic rings. The second kappa shape index (κ2) is 9.61. The monoisotopic (exact) mass is 404 g/mol. The standard InChI is InChI=1S/C24H36O5/c1-18(15-28-16-19-7-9-21(27-4)10-8-19)22-11-13-24(29-17-26-3)20(14-25)6-5-12-23(22,24)2/h6-10,18,22,25H,5,11-17H2,1-4H3/t18-,22-,23-,24+/m1/s1. The van der Waals surface area contributed by atoms with Gasteiger partial charge in [-0.25, -0.2) is 0 Å². The average molecular weight is 405 g/mol. The molecule has 0 heterocycles. The third kappa shape index (κ3) is 4.24. The van der Waals surface area contributed by atoms with Crippen LogP contribution in [-0.2, 0) is 20.8 Å². The summed E-state index contributed by atoms with van der Waals surface area (Å²) in [5, 5.41) is 10.0. The van der Waals surface area contributed by atoms with Crippen LogP contribution < -0.4 is 4.74 Å². The van der Waals surface area contributed by atoms with Crippen molar-refractivity contribution >= 4 is 0 Å². The summed E-state index contributed by atoms with van der Waals surface area (Å²) in [4.78, 5) is 0. The minimum Gasteiger partial charge on any atom is -0.497 e. The van der Waals surface area contributed by atoms with E-state index in [-0.39, 0.29) is 18.8 Å². The molecule has 1 aromatic rings. The molecule has 162 valence electrons. The highest BCUT2D eigenvalue weighted by Gasteiger charge is 2.61. The van der Waals surface area contributed by atoms with Crippen LogP contribution in [0.5, 0.6) is 5.75 Å². The number of ether oxygens (including phenoxy) is 4. The second-order valence-electron chi connectivity index (χ2n) is 8.71. The Bertz CT molecular complexity index is 685. The van der Waals surface area contributed by atoms with Crippen LogP contribution in [0.15, 0.2) is 35.9 Å². The number of hydrogen-bond acceptors (Lipinski definition) is 5. The number of aliphatic hydroxyl groups is 1. The van der Waals surface area contributed by atoms with Gasteiger partial charge in [-0.1, -0.05) is 32.1 Å². The summed E-state index contributed by atoms with van der Waals surface area (Å²) < 4.78 is 22.9. The minimum atomic E-state index is -0.426. The third-order valence-corrected chi connectivity index (χ3v) is 7.21. The van der Waals surface area contributed by atoms with E-state index < -0.39 is 5.60 Å². The molecule has 0 radical (unpaired) electrons. The molecule has 0 spiro atoms. The first-order chi connectivity index (χ1) is 14.0. The Balaban J connectivity index is 1.66. The van der Waals surface area contributed by atoms with Gasteiger partial charge in [0.1, 0.15) is 12.5 Å². The van der Waals surface area contributed by atoms with Gasteiger partial charge in [-0.2, -0.15) is 0 Å². The van der Waals surface area contributed by atoms with Crippen molar-refractivity contribution < 1.29 is 24.1 Å². The summed E-state index contributed by atoms with van der Waals surface area (Å²) in [5.74, 6) is 1.74. The molecule has 1 saturated carbocycles. The van der Waals surface area contributed by atoms with Gasteiger partial charge in [0.05, 0.1) is 25.9 Å². The first-order valence-corrected chi connectivity index (χ1v) is 10.6. The van der Waals surface area contributed by atoms with E-state index in [0.717, 1.165) is 42.6 Å². The number of fused-ring (bicyclic) bond motifs is 1. The third-order valence-electron chi connectivity index (χ3n) is 7.21. The molecule has 29 heavy (non-hydrogen) atoms. The highest BCUT2D eigenvalue weighted by Crippen LogP contribution is 2.62. The Hall–Kier alpha value is -1.40. The van der Waals surface area contributed by atoms with Gasteiger partial charge in [-0.3, -0.25) is 0 Å². The summed E-state index contributed by atoms with van der Waals surface area (Å²) in [6.07, 6.45) is 6.22. The number of allylic oxidation sites excluding steroid dienone is 1. The van der Waals surface area contributed by atoms with Crippen molar-refractivity contribution in [3.05, 3.63) is 41.5 Å². The molecule has 0 amide bonds. The predicted molar refractivity (Wildman–Crippen MR) is 113 cm³/mol. The van der Waals surface area contributed by atoms with Crippen molar-refractivity contribution in [2.45, 2.75) is 51.7 Å². The summed E-state index contributed by atoms with van der Waals surface area (Å²) in [6.45, 7) is 6.24. The summed E-state index contributed by atoms with van der Waals surface area (Å²) in [5.41, 5.74) is 1.72. The van der Waals surface area contributed by atoms with E-state index in [0.29, 0.717) is 25.0 Å². The lowest BCUT2D eigenvalue weighted by Crippen LogP contribution is -2.52. The van der Waals surface area contributed by atoms with E-state index in [2.05, 4.69) is 19.9 Å². The van der Waals surface area contributed by atoms with Gasteiger partial charge in [-0.15, -0.1) is 0 Å². The summed E-state index contributed by atoms with van der Waals surface area (Å²) in [6, 6.07) is 8.02. The van der Waals surface area contributed by atoms with Gasteiger partial charge in [0.15, 0.2) is 0 Å². The zero-order chi connectivity index (χ0) is 20.9. The smallest absolute Gasteiger partial charge is 0.147 e. The van der Waals surface area contributed by atoms with Crippen LogP contribution >= 0.6 is 0 Å². The molecule has 4 atom stereocenters. The van der Waals surface area contributed by atoms with E-state index in [4.69, 9.17) is 18.9 Å². The number of hydrogen-bond donors (Lipinski definition) is 1. The molecular weight excluding hydrogens is 368 g/mol. The zero-order valence-electron chi connectivity index (χ0n) is 18.3. The molecule has 0 unspecified atom stereocenters. The maximum atomic E-state index is 10.0. The van der Waals surface area contributed by atoms with Crippen molar-refractivity contribution in [3.63, 3.8) is 0 Å². The van der Waals surface area contributed by atoms with Crippen LogP contribution in [0.2, 0.25) is 0 Å². The number of benzene rings is 1. The molecule has 3 rings (SSSR count). The maximum Gasteiger partial charge on any atom is 0.147 e. The first-order valence-electron chi connectivity index (χ1n) is 10.6. The lowest BCUT2D eigenvalue weighted by atomic mass is 9.60. The first kappa shape index (κ1) is 22.3. The van der Waals surface area contributed by atoms with Crippen LogP contribution in [0.1, 0.15) is 45.1 Å². The van der Waals surface area contributed by atoms with Crippen LogP contribution in [0.3, 0.4) is 0 Å². The lowest BCUT2D eigenvalue weighted by Gasteiger charge is -2.51. The van der Waals surface area contributed by atoms with Crippen LogP contribution in [-0.4, -0.2) is 44.9 Å². The van der Waals surface area contributed by atoms with Crippen LogP contribution in [0, 0.1) is 17.3 Å². The number of rotatable bonds is 10. The summed E-state index contributed by atoms with van der Waals surface area (Å²) >= 11 is 0. The predicted octanol–water partition coefficient (Wildman–Crippen LogP) is 4.34. The zero-order valence-corrected chi connectivity index (χ0v) is 18.3. The Labute approximate surface area is 175 Å². The lowest BCUT2D eigenvalue weighted by molar-refractivity contribution is -0.171. The van der Waals surface area contributed by atoms with Crippen molar-refractivity contribution in [2.75, 3.05) is 34.2 Å². The van der Waals surface area contributed by atoms with E-state index in [1.165, 1.54) is 0 Å². The molecule has 0 aromatic heterocycles. The van der Waals surface area contributed by atoms with Crippen LogP contribution in [0.25, 0.3) is 0 Å². The largest absolute Gasteiger partial charge is 0.497 e. The van der Waals surface area contributed by atoms with Gasteiger partial charge in [0.25, 0.3) is 0 Å². The normalized spacial score (nSPS) is 30.0. The molecule has 0 aliphatic heterocycles. The molecule has 1 aromatic carbocycles. The van der Waals surface area contributed by atoms with Crippen molar-refractivity contribution in [1.82, 2.24) is 0 Å². The topological polar surface area (TPSA) is 57.2 Å². The second-order valence-corrected chi connectivity index (χ2v) is 8.71. The van der Waals surface area contributed by atoms with Gasteiger partial charge in [-0.05, 0) is 60.8 Å².